The SMILES string of the molecule is Cc1c(S(=O)(=O)Nc2ccc(S(=O)(=O)NC34CC5CC(CC(C5)C3)C4)cc2)cnn1C. The normalized spacial score (nSPS) is 29.9. The molecule has 2 aromatic rings. The molecule has 2 N–H and O–H groups in total. The van der Waals surface area contributed by atoms with Crippen molar-refractivity contribution < 1.29 is 16.8 Å². The van der Waals surface area contributed by atoms with Crippen molar-refractivity contribution in [3.8, 4) is 0 Å². The first kappa shape index (κ1) is 21.0. The molecule has 10 heteroatoms. The maximum absolute atomic E-state index is 13.1. The van der Waals surface area contributed by atoms with Crippen molar-refractivity contribution in [3.63, 3.8) is 0 Å². The molecule has 0 radical (unpaired) electrons. The molecule has 0 saturated heterocycles. The smallest absolute Gasteiger partial charge is 0.265 e. The molecule has 1 heterocycles. The predicted octanol–water partition coefficient (Wildman–Crippen LogP) is 2.78. The molecule has 0 aliphatic heterocycles. The van der Waals surface area contributed by atoms with Crippen molar-refractivity contribution in [2.24, 2.45) is 24.8 Å². The fourth-order valence-electron chi connectivity index (χ4n) is 6.23. The zero-order chi connectivity index (χ0) is 22.0. The molecule has 6 rings (SSSR count). The number of sulfonamides is 2. The van der Waals surface area contributed by atoms with E-state index < -0.39 is 20.0 Å². The van der Waals surface area contributed by atoms with Gasteiger partial charge in [0, 0.05) is 18.3 Å². The minimum absolute atomic E-state index is 0.0928. The molecule has 4 aliphatic rings. The highest BCUT2D eigenvalue weighted by Crippen LogP contribution is 2.56. The predicted molar refractivity (Wildman–Crippen MR) is 116 cm³/mol. The number of rotatable bonds is 6. The summed E-state index contributed by atoms with van der Waals surface area (Å²) in [5.41, 5.74) is 0.509. The van der Waals surface area contributed by atoms with Gasteiger partial charge in [0.15, 0.2) is 0 Å². The fraction of sp³-hybridized carbons (Fsp3) is 0.571. The number of nitrogens with one attached hydrogen (secondary N) is 2. The lowest BCUT2D eigenvalue weighted by Gasteiger charge is -2.56. The minimum Gasteiger partial charge on any atom is -0.280 e. The Kier molecular flexibility index (Phi) is 4.76. The van der Waals surface area contributed by atoms with E-state index >= 15 is 0 Å². The summed E-state index contributed by atoms with van der Waals surface area (Å²) in [5.74, 6) is 1.92. The van der Waals surface area contributed by atoms with Gasteiger partial charge in [-0.2, -0.15) is 5.10 Å². The Hall–Kier alpha value is -1.91. The van der Waals surface area contributed by atoms with Gasteiger partial charge in [0.05, 0.1) is 16.8 Å². The highest BCUT2D eigenvalue weighted by Gasteiger charge is 2.52. The molecule has 0 amide bonds. The third-order valence-corrected chi connectivity index (χ3v) is 10.4. The van der Waals surface area contributed by atoms with E-state index in [0.717, 1.165) is 19.3 Å². The van der Waals surface area contributed by atoms with Crippen molar-refractivity contribution in [2.75, 3.05) is 4.72 Å². The second-order valence-electron chi connectivity index (χ2n) is 9.65. The summed E-state index contributed by atoms with van der Waals surface area (Å²) in [6, 6.07) is 5.88. The lowest BCUT2D eigenvalue weighted by Crippen LogP contribution is -2.59. The van der Waals surface area contributed by atoms with Crippen LogP contribution in [0, 0.1) is 24.7 Å². The monoisotopic (exact) mass is 464 g/mol. The summed E-state index contributed by atoms with van der Waals surface area (Å²) in [6.45, 7) is 1.67. The van der Waals surface area contributed by atoms with Crippen LogP contribution in [0.1, 0.15) is 44.2 Å². The molecule has 1 aromatic carbocycles. The number of aromatic nitrogens is 2. The molecular weight excluding hydrogens is 436 g/mol. The van der Waals surface area contributed by atoms with Gasteiger partial charge in [-0.25, -0.2) is 21.6 Å². The summed E-state index contributed by atoms with van der Waals surface area (Å²) < 4.78 is 58.5. The van der Waals surface area contributed by atoms with Gasteiger partial charge in [-0.1, -0.05) is 0 Å². The minimum atomic E-state index is -3.81. The Morgan fingerprint density at radius 1 is 0.935 bits per heavy atom. The van der Waals surface area contributed by atoms with E-state index in [1.807, 2.05) is 0 Å². The first-order chi connectivity index (χ1) is 14.6. The summed E-state index contributed by atoms with van der Waals surface area (Å²) in [4.78, 5) is 0.249. The maximum Gasteiger partial charge on any atom is 0.265 e. The van der Waals surface area contributed by atoms with Gasteiger partial charge in [-0.05, 0) is 87.5 Å². The Morgan fingerprint density at radius 2 is 1.48 bits per heavy atom. The van der Waals surface area contributed by atoms with E-state index in [4.69, 9.17) is 0 Å². The topological polar surface area (TPSA) is 110 Å². The molecule has 0 atom stereocenters. The zero-order valence-electron chi connectivity index (χ0n) is 17.7. The molecule has 1 aromatic heterocycles. The van der Waals surface area contributed by atoms with E-state index in [1.165, 1.54) is 54.4 Å². The Balaban J connectivity index is 1.33. The van der Waals surface area contributed by atoms with Crippen LogP contribution in [0.5, 0.6) is 0 Å². The molecular formula is C21H28N4O4S2. The third-order valence-electron chi connectivity index (χ3n) is 7.29. The second-order valence-corrected chi connectivity index (χ2v) is 13.0. The average molecular weight is 465 g/mol. The summed E-state index contributed by atoms with van der Waals surface area (Å²) >= 11 is 0. The lowest BCUT2D eigenvalue weighted by atomic mass is 9.53. The van der Waals surface area contributed by atoms with Gasteiger partial charge >= 0.3 is 0 Å². The molecule has 0 unspecified atom stereocenters. The molecule has 4 aliphatic carbocycles. The van der Waals surface area contributed by atoms with Crippen molar-refractivity contribution in [1.82, 2.24) is 14.5 Å². The van der Waals surface area contributed by atoms with Crippen LogP contribution in [0.3, 0.4) is 0 Å². The van der Waals surface area contributed by atoms with Gasteiger partial charge in [-0.15, -0.1) is 0 Å². The largest absolute Gasteiger partial charge is 0.280 e. The van der Waals surface area contributed by atoms with Gasteiger partial charge in [0.1, 0.15) is 4.90 Å². The number of aryl methyl sites for hydroxylation is 1. The van der Waals surface area contributed by atoms with E-state index in [0.29, 0.717) is 29.1 Å². The van der Waals surface area contributed by atoms with Crippen LogP contribution in [0.25, 0.3) is 0 Å². The molecule has 4 saturated carbocycles. The van der Waals surface area contributed by atoms with Gasteiger partial charge in [0.25, 0.3) is 10.0 Å². The Labute approximate surface area is 183 Å². The van der Waals surface area contributed by atoms with Crippen molar-refractivity contribution in [2.45, 2.75) is 60.8 Å². The van der Waals surface area contributed by atoms with Gasteiger partial charge in [-0.3, -0.25) is 9.40 Å². The van der Waals surface area contributed by atoms with Crippen LogP contribution < -0.4 is 9.44 Å². The van der Waals surface area contributed by atoms with Crippen LogP contribution in [-0.2, 0) is 27.1 Å². The van der Waals surface area contributed by atoms with Crippen molar-refractivity contribution in [1.29, 1.82) is 0 Å². The average Bonchev–Trinajstić information content (AvgIpc) is 2.99. The molecule has 31 heavy (non-hydrogen) atoms. The lowest BCUT2D eigenvalue weighted by molar-refractivity contribution is -0.00810. The van der Waals surface area contributed by atoms with E-state index in [1.54, 1.807) is 14.0 Å². The van der Waals surface area contributed by atoms with Crippen LogP contribution in [-0.4, -0.2) is 32.2 Å². The highest BCUT2D eigenvalue weighted by molar-refractivity contribution is 7.92. The number of benzene rings is 1. The molecule has 168 valence electrons. The number of anilines is 1. The van der Waals surface area contributed by atoms with Crippen LogP contribution in [0.4, 0.5) is 5.69 Å². The standard InChI is InChI=1S/C21H28N4O4S2/c1-14-20(13-22-25(14)2)31(28,29)23-18-3-5-19(6-4-18)30(26,27)24-21-10-15-7-16(11-21)9-17(8-15)12-21/h3-6,13,15-17,23-24H,7-12H2,1-2H3. The van der Waals surface area contributed by atoms with Crippen molar-refractivity contribution >= 4 is 25.7 Å². The summed E-state index contributed by atoms with van der Waals surface area (Å²) in [5, 5.41) is 3.97. The summed E-state index contributed by atoms with van der Waals surface area (Å²) in [7, 11) is -5.81. The molecule has 4 fully saturated rings. The number of nitrogens with zero attached hydrogens (tertiary/aromatic N) is 2. The van der Waals surface area contributed by atoms with Crippen LogP contribution in [0.15, 0.2) is 40.3 Å². The van der Waals surface area contributed by atoms with Crippen molar-refractivity contribution in [3.05, 3.63) is 36.2 Å². The number of hydrogen-bond donors (Lipinski definition) is 2. The zero-order valence-corrected chi connectivity index (χ0v) is 19.3. The van der Waals surface area contributed by atoms with E-state index in [-0.39, 0.29) is 15.3 Å². The summed E-state index contributed by atoms with van der Waals surface area (Å²) in [6.07, 6.45) is 7.82. The van der Waals surface area contributed by atoms with E-state index in [2.05, 4.69) is 14.5 Å². The first-order valence-corrected chi connectivity index (χ1v) is 13.7. The number of hydrogen-bond acceptors (Lipinski definition) is 5. The molecule has 0 spiro atoms. The quantitative estimate of drug-likeness (QED) is 0.683. The molecule has 8 nitrogen and oxygen atoms in total. The first-order valence-electron chi connectivity index (χ1n) is 10.7. The van der Waals surface area contributed by atoms with Crippen LogP contribution in [0.2, 0.25) is 0 Å². The fourth-order valence-corrected chi connectivity index (χ4v) is 8.93. The second kappa shape index (κ2) is 7.05. The maximum atomic E-state index is 13.1. The molecule has 4 bridgehead atoms. The van der Waals surface area contributed by atoms with E-state index in [9.17, 15) is 16.8 Å². The van der Waals surface area contributed by atoms with Crippen LogP contribution >= 0.6 is 0 Å². The highest BCUT2D eigenvalue weighted by atomic mass is 32.2. The van der Waals surface area contributed by atoms with Gasteiger partial charge in [0.2, 0.25) is 10.0 Å². The third kappa shape index (κ3) is 3.78. The Bertz CT molecular complexity index is 1180. The van der Waals surface area contributed by atoms with Gasteiger partial charge < -0.3 is 0 Å². The Morgan fingerprint density at radius 3 is 1.97 bits per heavy atom.